The standard InChI is InChI=1S/C16H22F3N/c1-15(2,3)13-8-12(11-20-6-4-5-7-20)9-14(10-13)16(17,18)19/h8-10H,4-7,11H2,1-3H3. The highest BCUT2D eigenvalue weighted by Gasteiger charge is 2.32. The molecule has 1 aliphatic heterocycles. The van der Waals surface area contributed by atoms with Crippen molar-refractivity contribution in [1.29, 1.82) is 0 Å². The Bertz CT molecular complexity index is 433. The number of benzene rings is 1. The fourth-order valence-corrected chi connectivity index (χ4v) is 2.58. The summed E-state index contributed by atoms with van der Waals surface area (Å²) in [4.78, 5) is 2.22. The molecular weight excluding hydrogens is 263 g/mol. The van der Waals surface area contributed by atoms with Crippen molar-refractivity contribution in [2.45, 2.75) is 51.7 Å². The lowest BCUT2D eigenvalue weighted by Crippen LogP contribution is -2.20. The topological polar surface area (TPSA) is 3.24 Å². The van der Waals surface area contributed by atoms with Crippen molar-refractivity contribution in [3.63, 3.8) is 0 Å². The van der Waals surface area contributed by atoms with Crippen LogP contribution in [0.5, 0.6) is 0 Å². The molecule has 1 aliphatic rings. The van der Waals surface area contributed by atoms with Crippen LogP contribution in [0, 0.1) is 0 Å². The van der Waals surface area contributed by atoms with Crippen LogP contribution in [-0.4, -0.2) is 18.0 Å². The molecule has 0 unspecified atom stereocenters. The average Bonchev–Trinajstić information content (AvgIpc) is 2.79. The molecule has 1 aromatic carbocycles. The Morgan fingerprint density at radius 3 is 2.00 bits per heavy atom. The Kier molecular flexibility index (Phi) is 4.14. The minimum absolute atomic E-state index is 0.277. The zero-order valence-electron chi connectivity index (χ0n) is 12.3. The number of nitrogens with zero attached hydrogens (tertiary/aromatic N) is 1. The molecule has 0 spiro atoms. The summed E-state index contributed by atoms with van der Waals surface area (Å²) < 4.78 is 39.1. The van der Waals surface area contributed by atoms with Crippen molar-refractivity contribution in [3.8, 4) is 0 Å². The van der Waals surface area contributed by atoms with Crippen LogP contribution in [0.4, 0.5) is 13.2 Å². The summed E-state index contributed by atoms with van der Waals surface area (Å²) in [5, 5.41) is 0. The van der Waals surface area contributed by atoms with Gasteiger partial charge in [0.1, 0.15) is 0 Å². The first kappa shape index (κ1) is 15.4. The van der Waals surface area contributed by atoms with E-state index in [9.17, 15) is 13.2 Å². The van der Waals surface area contributed by atoms with Crippen LogP contribution in [0.1, 0.15) is 50.3 Å². The molecule has 1 nitrogen and oxygen atoms in total. The van der Waals surface area contributed by atoms with Gasteiger partial charge in [0.15, 0.2) is 0 Å². The Labute approximate surface area is 118 Å². The normalized spacial score (nSPS) is 17.7. The molecule has 0 amide bonds. The van der Waals surface area contributed by atoms with Crippen molar-refractivity contribution in [2.75, 3.05) is 13.1 Å². The molecule has 112 valence electrons. The van der Waals surface area contributed by atoms with Crippen LogP contribution >= 0.6 is 0 Å². The first-order valence-corrected chi connectivity index (χ1v) is 7.10. The molecule has 0 saturated carbocycles. The lowest BCUT2D eigenvalue weighted by molar-refractivity contribution is -0.137. The van der Waals surface area contributed by atoms with E-state index in [2.05, 4.69) is 4.90 Å². The van der Waals surface area contributed by atoms with E-state index in [0.717, 1.165) is 37.1 Å². The Balaban J connectivity index is 2.34. The van der Waals surface area contributed by atoms with Gasteiger partial charge >= 0.3 is 6.18 Å². The number of rotatable bonds is 2. The fraction of sp³-hybridized carbons (Fsp3) is 0.625. The third-order valence-corrected chi connectivity index (χ3v) is 3.79. The van der Waals surface area contributed by atoms with E-state index < -0.39 is 11.7 Å². The Morgan fingerprint density at radius 2 is 1.50 bits per heavy atom. The van der Waals surface area contributed by atoms with Crippen molar-refractivity contribution in [1.82, 2.24) is 4.90 Å². The quantitative estimate of drug-likeness (QED) is 0.767. The van der Waals surface area contributed by atoms with E-state index in [1.807, 2.05) is 26.8 Å². The van der Waals surface area contributed by atoms with Gasteiger partial charge in [-0.25, -0.2) is 0 Å². The summed E-state index contributed by atoms with van der Waals surface area (Å²) in [7, 11) is 0. The molecule has 0 aromatic heterocycles. The largest absolute Gasteiger partial charge is 0.416 e. The predicted octanol–water partition coefficient (Wildman–Crippen LogP) is 4.60. The van der Waals surface area contributed by atoms with Gasteiger partial charge in [-0.3, -0.25) is 4.90 Å². The van der Waals surface area contributed by atoms with Gasteiger partial charge < -0.3 is 0 Å². The second kappa shape index (κ2) is 5.40. The number of alkyl halides is 3. The van der Waals surface area contributed by atoms with Gasteiger partial charge in [0.05, 0.1) is 5.56 Å². The molecule has 0 atom stereocenters. The van der Waals surface area contributed by atoms with E-state index in [4.69, 9.17) is 0 Å². The van der Waals surface area contributed by atoms with Gasteiger partial charge in [0.25, 0.3) is 0 Å². The molecule has 0 aliphatic carbocycles. The van der Waals surface area contributed by atoms with E-state index >= 15 is 0 Å². The van der Waals surface area contributed by atoms with E-state index in [0.29, 0.717) is 6.54 Å². The number of hydrogen-bond donors (Lipinski definition) is 0. The third-order valence-electron chi connectivity index (χ3n) is 3.79. The molecule has 2 rings (SSSR count). The van der Waals surface area contributed by atoms with Crippen LogP contribution in [0.25, 0.3) is 0 Å². The minimum atomic E-state index is -4.28. The summed E-state index contributed by atoms with van der Waals surface area (Å²) >= 11 is 0. The maximum Gasteiger partial charge on any atom is 0.416 e. The molecular formula is C16H22F3N. The summed E-state index contributed by atoms with van der Waals surface area (Å²) in [5.74, 6) is 0. The highest BCUT2D eigenvalue weighted by atomic mass is 19.4. The van der Waals surface area contributed by atoms with Crippen molar-refractivity contribution in [3.05, 3.63) is 34.9 Å². The number of likely N-dealkylation sites (tertiary alicyclic amines) is 1. The van der Waals surface area contributed by atoms with Crippen LogP contribution in [0.2, 0.25) is 0 Å². The van der Waals surface area contributed by atoms with E-state index in [1.54, 1.807) is 0 Å². The van der Waals surface area contributed by atoms with E-state index in [1.165, 1.54) is 12.1 Å². The van der Waals surface area contributed by atoms with Gasteiger partial charge in [0.2, 0.25) is 0 Å². The molecule has 1 fully saturated rings. The van der Waals surface area contributed by atoms with Crippen LogP contribution in [0.15, 0.2) is 18.2 Å². The van der Waals surface area contributed by atoms with Gasteiger partial charge in [0, 0.05) is 6.54 Å². The van der Waals surface area contributed by atoms with Crippen molar-refractivity contribution in [2.24, 2.45) is 0 Å². The zero-order chi connectivity index (χ0) is 15.0. The summed E-state index contributed by atoms with van der Waals surface area (Å²) in [6, 6.07) is 4.51. The lowest BCUT2D eigenvalue weighted by atomic mass is 9.85. The Hall–Kier alpha value is -1.03. The lowest BCUT2D eigenvalue weighted by Gasteiger charge is -2.23. The molecule has 0 radical (unpaired) electrons. The minimum Gasteiger partial charge on any atom is -0.299 e. The maximum absolute atomic E-state index is 13.0. The van der Waals surface area contributed by atoms with Crippen LogP contribution in [-0.2, 0) is 18.1 Å². The second-order valence-electron chi connectivity index (χ2n) is 6.65. The molecule has 1 saturated heterocycles. The molecule has 1 aromatic rings. The highest BCUT2D eigenvalue weighted by molar-refractivity contribution is 5.35. The van der Waals surface area contributed by atoms with Crippen molar-refractivity contribution >= 4 is 0 Å². The third kappa shape index (κ3) is 3.75. The molecule has 20 heavy (non-hydrogen) atoms. The van der Waals surface area contributed by atoms with Gasteiger partial charge in [-0.05, 0) is 54.6 Å². The smallest absolute Gasteiger partial charge is 0.299 e. The van der Waals surface area contributed by atoms with Crippen LogP contribution in [0.3, 0.4) is 0 Å². The van der Waals surface area contributed by atoms with E-state index in [-0.39, 0.29) is 5.41 Å². The summed E-state index contributed by atoms with van der Waals surface area (Å²) in [6.45, 7) is 8.43. The molecule has 4 heteroatoms. The SMILES string of the molecule is CC(C)(C)c1cc(CN2CCCC2)cc(C(F)(F)F)c1. The van der Waals surface area contributed by atoms with Crippen molar-refractivity contribution < 1.29 is 13.2 Å². The molecule has 0 bridgehead atoms. The van der Waals surface area contributed by atoms with Gasteiger partial charge in [-0.15, -0.1) is 0 Å². The fourth-order valence-electron chi connectivity index (χ4n) is 2.58. The first-order valence-electron chi connectivity index (χ1n) is 7.10. The van der Waals surface area contributed by atoms with Gasteiger partial charge in [-0.2, -0.15) is 13.2 Å². The zero-order valence-corrected chi connectivity index (χ0v) is 12.3. The van der Waals surface area contributed by atoms with Crippen LogP contribution < -0.4 is 0 Å². The maximum atomic E-state index is 13.0. The van der Waals surface area contributed by atoms with Gasteiger partial charge in [-0.1, -0.05) is 26.8 Å². The predicted molar refractivity (Wildman–Crippen MR) is 74.7 cm³/mol. The molecule has 1 heterocycles. The average molecular weight is 285 g/mol. The first-order chi connectivity index (χ1) is 9.16. The summed E-state index contributed by atoms with van der Waals surface area (Å²) in [5.41, 5.74) is 0.716. The summed E-state index contributed by atoms with van der Waals surface area (Å²) in [6.07, 6.45) is -1.99. The monoisotopic (exact) mass is 285 g/mol. The number of hydrogen-bond acceptors (Lipinski definition) is 1. The molecule has 0 N–H and O–H groups in total. The highest BCUT2D eigenvalue weighted by Crippen LogP contribution is 2.34. The number of halogens is 3. The Morgan fingerprint density at radius 1 is 0.950 bits per heavy atom. The second-order valence-corrected chi connectivity index (χ2v) is 6.65.